The van der Waals surface area contributed by atoms with Crippen LogP contribution in [-0.2, 0) is 9.59 Å². The van der Waals surface area contributed by atoms with Gasteiger partial charge in [-0.25, -0.2) is 0 Å². The molecule has 20 heavy (non-hydrogen) atoms. The van der Waals surface area contributed by atoms with Crippen LogP contribution in [0.2, 0.25) is 0 Å². The van der Waals surface area contributed by atoms with Crippen molar-refractivity contribution in [1.29, 1.82) is 0 Å². The normalized spacial score (nSPS) is 19.6. The summed E-state index contributed by atoms with van der Waals surface area (Å²) in [6.45, 7) is 2.93. The Morgan fingerprint density at radius 3 is 2.90 bits per heavy atom. The number of hydrogen-bond acceptors (Lipinski definition) is 3. The van der Waals surface area contributed by atoms with E-state index in [2.05, 4.69) is 5.32 Å². The van der Waals surface area contributed by atoms with Crippen molar-refractivity contribution in [2.45, 2.75) is 32.2 Å². The molecule has 108 valence electrons. The average molecular weight is 275 g/mol. The highest BCUT2D eigenvalue weighted by atomic mass is 16.2. The summed E-state index contributed by atoms with van der Waals surface area (Å²) in [5.74, 6) is -0.447. The maximum absolute atomic E-state index is 12.1. The van der Waals surface area contributed by atoms with Crippen LogP contribution in [0.3, 0.4) is 0 Å². The molecule has 1 saturated heterocycles. The van der Waals surface area contributed by atoms with E-state index >= 15 is 0 Å². The lowest BCUT2D eigenvalue weighted by Crippen LogP contribution is -2.50. The number of primary amides is 1. The van der Waals surface area contributed by atoms with Gasteiger partial charge in [-0.05, 0) is 44.0 Å². The first-order valence-corrected chi connectivity index (χ1v) is 6.96. The molecule has 0 aliphatic carbocycles. The molecule has 1 aliphatic heterocycles. The molecular weight excluding hydrogens is 254 g/mol. The number of nitrogens with two attached hydrogens (primary N) is 1. The molecule has 1 aliphatic rings. The number of piperidine rings is 1. The molecule has 5 nitrogen and oxygen atoms in total. The summed E-state index contributed by atoms with van der Waals surface area (Å²) in [6.07, 6.45) is 2.73. The van der Waals surface area contributed by atoms with E-state index in [1.165, 1.54) is 0 Å². The van der Waals surface area contributed by atoms with Gasteiger partial charge in [0.1, 0.15) is 0 Å². The Bertz CT molecular complexity index is 502. The lowest BCUT2D eigenvalue weighted by molar-refractivity contribution is -0.126. The van der Waals surface area contributed by atoms with Gasteiger partial charge in [0.2, 0.25) is 11.8 Å². The van der Waals surface area contributed by atoms with Crippen LogP contribution in [0.25, 0.3) is 0 Å². The SMILES string of the molecule is Cc1cccc(NC(=O)CN2CCCC[C@H]2C(N)=O)c1. The molecule has 2 rings (SSSR count). The summed E-state index contributed by atoms with van der Waals surface area (Å²) >= 11 is 0. The van der Waals surface area contributed by atoms with Crippen molar-refractivity contribution in [3.8, 4) is 0 Å². The Hall–Kier alpha value is -1.88. The molecule has 1 atom stereocenters. The summed E-state index contributed by atoms with van der Waals surface area (Å²) < 4.78 is 0. The van der Waals surface area contributed by atoms with E-state index in [1.54, 1.807) is 0 Å². The van der Waals surface area contributed by atoms with Crippen LogP contribution in [0.15, 0.2) is 24.3 Å². The minimum Gasteiger partial charge on any atom is -0.368 e. The van der Waals surface area contributed by atoms with E-state index in [9.17, 15) is 9.59 Å². The molecular formula is C15H21N3O2. The molecule has 2 amide bonds. The number of amides is 2. The van der Waals surface area contributed by atoms with Crippen LogP contribution < -0.4 is 11.1 Å². The number of benzene rings is 1. The van der Waals surface area contributed by atoms with Gasteiger partial charge in [0.25, 0.3) is 0 Å². The molecule has 0 saturated carbocycles. The molecule has 0 spiro atoms. The molecule has 0 radical (unpaired) electrons. The number of anilines is 1. The van der Waals surface area contributed by atoms with Gasteiger partial charge in [0.05, 0.1) is 12.6 Å². The monoisotopic (exact) mass is 275 g/mol. The van der Waals surface area contributed by atoms with Crippen LogP contribution in [0.4, 0.5) is 5.69 Å². The highest BCUT2D eigenvalue weighted by Gasteiger charge is 2.28. The maximum Gasteiger partial charge on any atom is 0.238 e. The number of likely N-dealkylation sites (tertiary alicyclic amines) is 1. The minimum absolute atomic E-state index is 0.108. The van der Waals surface area contributed by atoms with Crippen molar-refractivity contribution in [1.82, 2.24) is 4.90 Å². The third-order valence-corrected chi connectivity index (χ3v) is 3.59. The summed E-state index contributed by atoms with van der Waals surface area (Å²) in [5, 5.41) is 2.86. The van der Waals surface area contributed by atoms with Gasteiger partial charge < -0.3 is 11.1 Å². The predicted molar refractivity (Wildman–Crippen MR) is 78.2 cm³/mol. The molecule has 3 N–H and O–H groups in total. The molecule has 1 aromatic rings. The first kappa shape index (κ1) is 14.5. The number of carbonyl (C=O) groups is 2. The second-order valence-electron chi connectivity index (χ2n) is 5.30. The smallest absolute Gasteiger partial charge is 0.238 e. The summed E-state index contributed by atoms with van der Waals surface area (Å²) in [6, 6.07) is 7.33. The topological polar surface area (TPSA) is 75.4 Å². The van der Waals surface area contributed by atoms with Crippen LogP contribution in [-0.4, -0.2) is 35.8 Å². The number of nitrogens with zero attached hydrogens (tertiary/aromatic N) is 1. The molecule has 0 bridgehead atoms. The Labute approximate surface area is 119 Å². The third kappa shape index (κ3) is 3.81. The van der Waals surface area contributed by atoms with Gasteiger partial charge in [-0.1, -0.05) is 18.6 Å². The van der Waals surface area contributed by atoms with E-state index in [4.69, 9.17) is 5.73 Å². The fourth-order valence-electron chi connectivity index (χ4n) is 2.61. The zero-order valence-electron chi connectivity index (χ0n) is 11.8. The van der Waals surface area contributed by atoms with Gasteiger partial charge >= 0.3 is 0 Å². The van der Waals surface area contributed by atoms with Gasteiger partial charge in [0, 0.05) is 5.69 Å². The molecule has 0 aromatic heterocycles. The fourth-order valence-corrected chi connectivity index (χ4v) is 2.61. The van der Waals surface area contributed by atoms with Gasteiger partial charge in [-0.3, -0.25) is 14.5 Å². The zero-order chi connectivity index (χ0) is 14.5. The average Bonchev–Trinajstić information content (AvgIpc) is 2.38. The number of aryl methyl sites for hydroxylation is 1. The maximum atomic E-state index is 12.1. The van der Waals surface area contributed by atoms with E-state index in [0.717, 1.165) is 37.1 Å². The Morgan fingerprint density at radius 1 is 1.40 bits per heavy atom. The van der Waals surface area contributed by atoms with Crippen LogP contribution in [0, 0.1) is 6.92 Å². The molecule has 1 aromatic carbocycles. The predicted octanol–water partition coefficient (Wildman–Crippen LogP) is 1.27. The van der Waals surface area contributed by atoms with Gasteiger partial charge in [-0.15, -0.1) is 0 Å². The van der Waals surface area contributed by atoms with Crippen molar-refractivity contribution in [3.63, 3.8) is 0 Å². The zero-order valence-corrected chi connectivity index (χ0v) is 11.8. The summed E-state index contributed by atoms with van der Waals surface area (Å²) in [4.78, 5) is 25.3. The molecule has 1 heterocycles. The lowest BCUT2D eigenvalue weighted by atomic mass is 10.0. The van der Waals surface area contributed by atoms with Crippen molar-refractivity contribution >= 4 is 17.5 Å². The van der Waals surface area contributed by atoms with Crippen LogP contribution in [0.5, 0.6) is 0 Å². The Kier molecular flexibility index (Phi) is 4.74. The van der Waals surface area contributed by atoms with Crippen molar-refractivity contribution in [3.05, 3.63) is 29.8 Å². The second-order valence-corrected chi connectivity index (χ2v) is 5.30. The van der Waals surface area contributed by atoms with Gasteiger partial charge in [-0.2, -0.15) is 0 Å². The van der Waals surface area contributed by atoms with Crippen LogP contribution in [0.1, 0.15) is 24.8 Å². The minimum atomic E-state index is -0.340. The number of nitrogens with one attached hydrogen (secondary N) is 1. The number of rotatable bonds is 4. The first-order valence-electron chi connectivity index (χ1n) is 6.96. The molecule has 1 fully saturated rings. The van der Waals surface area contributed by atoms with E-state index in [1.807, 2.05) is 36.1 Å². The first-order chi connectivity index (χ1) is 9.56. The van der Waals surface area contributed by atoms with E-state index in [0.29, 0.717) is 0 Å². The fraction of sp³-hybridized carbons (Fsp3) is 0.467. The van der Waals surface area contributed by atoms with Crippen molar-refractivity contribution in [2.24, 2.45) is 5.73 Å². The largest absolute Gasteiger partial charge is 0.368 e. The summed E-state index contributed by atoms with van der Waals surface area (Å²) in [5.41, 5.74) is 7.27. The standard InChI is InChI=1S/C15H21N3O2/c1-11-5-4-6-12(9-11)17-14(19)10-18-8-3-2-7-13(18)15(16)20/h4-6,9,13H,2-3,7-8,10H2,1H3,(H2,16,20)(H,17,19)/t13-/m0/s1. The molecule has 0 unspecified atom stereocenters. The van der Waals surface area contributed by atoms with Gasteiger partial charge in [0.15, 0.2) is 0 Å². The Morgan fingerprint density at radius 2 is 2.20 bits per heavy atom. The molecule has 5 heteroatoms. The number of carbonyl (C=O) groups excluding carboxylic acids is 2. The third-order valence-electron chi connectivity index (χ3n) is 3.59. The second kappa shape index (κ2) is 6.52. The lowest BCUT2D eigenvalue weighted by Gasteiger charge is -2.32. The van der Waals surface area contributed by atoms with Crippen molar-refractivity contribution < 1.29 is 9.59 Å². The van der Waals surface area contributed by atoms with E-state index in [-0.39, 0.29) is 24.4 Å². The number of hydrogen-bond donors (Lipinski definition) is 2. The highest BCUT2D eigenvalue weighted by molar-refractivity contribution is 5.92. The van der Waals surface area contributed by atoms with Crippen molar-refractivity contribution in [2.75, 3.05) is 18.4 Å². The quantitative estimate of drug-likeness (QED) is 0.869. The van der Waals surface area contributed by atoms with E-state index < -0.39 is 0 Å². The summed E-state index contributed by atoms with van der Waals surface area (Å²) in [7, 11) is 0. The highest BCUT2D eigenvalue weighted by Crippen LogP contribution is 2.17. The Balaban J connectivity index is 1.94. The van der Waals surface area contributed by atoms with Crippen LogP contribution >= 0.6 is 0 Å².